The fourth-order valence-corrected chi connectivity index (χ4v) is 6.37. The van der Waals surface area contributed by atoms with E-state index in [9.17, 15) is 16.8 Å². The third-order valence-corrected chi connectivity index (χ3v) is 8.33. The average molecular weight is 404 g/mol. The summed E-state index contributed by atoms with van der Waals surface area (Å²) in [6.07, 6.45) is 0. The van der Waals surface area contributed by atoms with E-state index in [1.54, 1.807) is 13.8 Å². The van der Waals surface area contributed by atoms with Gasteiger partial charge in [0.05, 0.1) is 10.6 Å². The van der Waals surface area contributed by atoms with Gasteiger partial charge in [-0.05, 0) is 38.4 Å². The molecule has 148 valence electrons. The number of rotatable bonds is 7. The molecule has 0 atom stereocenters. The summed E-state index contributed by atoms with van der Waals surface area (Å²) in [5.41, 5.74) is 2.31. The zero-order chi connectivity index (χ0) is 19.5. The molecule has 0 aliphatic carbocycles. The van der Waals surface area contributed by atoms with Gasteiger partial charge in [0.15, 0.2) is 0 Å². The summed E-state index contributed by atoms with van der Waals surface area (Å²) in [4.78, 5) is 2.43. The molecule has 2 rings (SSSR count). The topological polar surface area (TPSA) is 86.8 Å². The van der Waals surface area contributed by atoms with E-state index in [1.807, 2.05) is 26.0 Å². The van der Waals surface area contributed by atoms with E-state index >= 15 is 0 Å². The van der Waals surface area contributed by atoms with E-state index in [4.69, 9.17) is 0 Å². The SMILES string of the molecule is CCN1CCN(S(=O)(=O)CCNS(=O)(=O)c2c(C)cc(C)cc2C)CC1. The third-order valence-electron chi connectivity index (χ3n) is 4.70. The summed E-state index contributed by atoms with van der Waals surface area (Å²) in [5.74, 6) is -0.234. The summed E-state index contributed by atoms with van der Waals surface area (Å²) in [5, 5.41) is 0. The van der Waals surface area contributed by atoms with Crippen molar-refractivity contribution in [1.82, 2.24) is 13.9 Å². The largest absolute Gasteiger partial charge is 0.301 e. The number of hydrogen-bond acceptors (Lipinski definition) is 5. The minimum Gasteiger partial charge on any atom is -0.301 e. The molecule has 1 saturated heterocycles. The fraction of sp³-hybridized carbons (Fsp3) is 0.647. The summed E-state index contributed by atoms with van der Waals surface area (Å²) >= 11 is 0. The second-order valence-electron chi connectivity index (χ2n) is 6.77. The second-order valence-corrected chi connectivity index (χ2v) is 10.6. The molecule has 0 bridgehead atoms. The lowest BCUT2D eigenvalue weighted by atomic mass is 10.1. The summed E-state index contributed by atoms with van der Waals surface area (Å²) in [6.45, 7) is 10.6. The Kier molecular flexibility index (Phi) is 6.84. The Bertz CT molecular complexity index is 820. The molecular weight excluding hydrogens is 374 g/mol. The molecule has 1 aromatic carbocycles. The van der Waals surface area contributed by atoms with Gasteiger partial charge in [-0.15, -0.1) is 0 Å². The molecule has 9 heteroatoms. The molecule has 7 nitrogen and oxygen atoms in total. The maximum atomic E-state index is 12.6. The normalized spacial score (nSPS) is 17.5. The first kappa shape index (κ1) is 21.3. The van der Waals surface area contributed by atoms with Crippen molar-refractivity contribution < 1.29 is 16.8 Å². The zero-order valence-corrected chi connectivity index (χ0v) is 17.6. The van der Waals surface area contributed by atoms with Crippen molar-refractivity contribution in [3.63, 3.8) is 0 Å². The van der Waals surface area contributed by atoms with Crippen LogP contribution in [-0.2, 0) is 20.0 Å². The molecule has 0 saturated carbocycles. The predicted molar refractivity (Wildman–Crippen MR) is 103 cm³/mol. The molecule has 1 aromatic rings. The quantitative estimate of drug-likeness (QED) is 0.730. The number of sulfonamides is 2. The number of nitrogens with zero attached hydrogens (tertiary/aromatic N) is 2. The van der Waals surface area contributed by atoms with Crippen LogP contribution < -0.4 is 4.72 Å². The number of nitrogens with one attached hydrogen (secondary N) is 1. The van der Waals surface area contributed by atoms with Gasteiger partial charge >= 0.3 is 0 Å². The van der Waals surface area contributed by atoms with Crippen molar-refractivity contribution in [3.05, 3.63) is 28.8 Å². The Morgan fingerprint density at radius 3 is 2.00 bits per heavy atom. The zero-order valence-electron chi connectivity index (χ0n) is 15.9. The van der Waals surface area contributed by atoms with E-state index in [0.717, 1.165) is 12.1 Å². The highest BCUT2D eigenvalue weighted by atomic mass is 32.2. The number of aryl methyl sites for hydroxylation is 3. The van der Waals surface area contributed by atoms with Crippen LogP contribution in [0.15, 0.2) is 17.0 Å². The fourth-order valence-electron chi connectivity index (χ4n) is 3.42. The summed E-state index contributed by atoms with van der Waals surface area (Å²) in [7, 11) is -7.21. The smallest absolute Gasteiger partial charge is 0.241 e. The van der Waals surface area contributed by atoms with Gasteiger partial charge in [-0.3, -0.25) is 0 Å². The Hall–Kier alpha value is -1.00. The molecule has 1 N–H and O–H groups in total. The lowest BCUT2D eigenvalue weighted by molar-refractivity contribution is 0.196. The van der Waals surface area contributed by atoms with Crippen LogP contribution in [0.1, 0.15) is 23.6 Å². The van der Waals surface area contributed by atoms with Crippen molar-refractivity contribution in [2.75, 3.05) is 45.0 Å². The predicted octanol–water partition coefficient (Wildman–Crippen LogP) is 0.857. The molecule has 1 fully saturated rings. The van der Waals surface area contributed by atoms with Gasteiger partial charge in [0.25, 0.3) is 0 Å². The van der Waals surface area contributed by atoms with Crippen molar-refractivity contribution in [1.29, 1.82) is 0 Å². The highest BCUT2D eigenvalue weighted by Crippen LogP contribution is 2.21. The summed E-state index contributed by atoms with van der Waals surface area (Å²) < 4.78 is 54.0. The van der Waals surface area contributed by atoms with Crippen LogP contribution in [0.3, 0.4) is 0 Å². The Labute approximate surface area is 157 Å². The molecule has 26 heavy (non-hydrogen) atoms. The Morgan fingerprint density at radius 1 is 0.962 bits per heavy atom. The van der Waals surface area contributed by atoms with E-state index < -0.39 is 20.0 Å². The molecular formula is C17H29N3O4S2. The van der Waals surface area contributed by atoms with Gasteiger partial charge in [0, 0.05) is 32.7 Å². The number of hydrogen-bond donors (Lipinski definition) is 1. The molecule has 0 amide bonds. The monoisotopic (exact) mass is 403 g/mol. The van der Waals surface area contributed by atoms with Crippen LogP contribution in [0.5, 0.6) is 0 Å². The molecule has 1 aliphatic heterocycles. The van der Waals surface area contributed by atoms with Gasteiger partial charge in [0.2, 0.25) is 20.0 Å². The summed E-state index contributed by atoms with van der Waals surface area (Å²) in [6, 6.07) is 3.62. The average Bonchev–Trinajstić information content (AvgIpc) is 2.53. The molecule has 0 aromatic heterocycles. The third kappa shape index (κ3) is 5.04. The van der Waals surface area contributed by atoms with E-state index in [1.165, 1.54) is 4.31 Å². The van der Waals surface area contributed by atoms with Gasteiger partial charge in [-0.25, -0.2) is 21.6 Å². The maximum Gasteiger partial charge on any atom is 0.241 e. The van der Waals surface area contributed by atoms with E-state index in [0.29, 0.717) is 37.3 Å². The van der Waals surface area contributed by atoms with Crippen LogP contribution in [0.25, 0.3) is 0 Å². The van der Waals surface area contributed by atoms with Gasteiger partial charge in [-0.1, -0.05) is 24.6 Å². The van der Waals surface area contributed by atoms with Crippen LogP contribution in [0, 0.1) is 20.8 Å². The highest BCUT2D eigenvalue weighted by molar-refractivity contribution is 7.90. The van der Waals surface area contributed by atoms with E-state index in [2.05, 4.69) is 9.62 Å². The number of benzene rings is 1. The second kappa shape index (κ2) is 8.35. The van der Waals surface area contributed by atoms with Crippen LogP contribution in [0.2, 0.25) is 0 Å². The Balaban J connectivity index is 2.00. The van der Waals surface area contributed by atoms with E-state index in [-0.39, 0.29) is 17.2 Å². The maximum absolute atomic E-state index is 12.6. The first-order valence-corrected chi connectivity index (χ1v) is 11.9. The van der Waals surface area contributed by atoms with Gasteiger partial charge < -0.3 is 4.90 Å². The molecule has 0 unspecified atom stereocenters. The lowest BCUT2D eigenvalue weighted by Crippen LogP contribution is -2.49. The minimum atomic E-state index is -3.75. The molecule has 0 radical (unpaired) electrons. The van der Waals surface area contributed by atoms with Crippen LogP contribution in [0.4, 0.5) is 0 Å². The van der Waals surface area contributed by atoms with Gasteiger partial charge in [-0.2, -0.15) is 4.31 Å². The van der Waals surface area contributed by atoms with Crippen molar-refractivity contribution >= 4 is 20.0 Å². The minimum absolute atomic E-state index is 0.134. The lowest BCUT2D eigenvalue weighted by Gasteiger charge is -2.33. The highest BCUT2D eigenvalue weighted by Gasteiger charge is 2.27. The molecule has 1 aliphatic rings. The van der Waals surface area contributed by atoms with Crippen molar-refractivity contribution in [2.45, 2.75) is 32.6 Å². The van der Waals surface area contributed by atoms with Crippen LogP contribution >= 0.6 is 0 Å². The van der Waals surface area contributed by atoms with Crippen molar-refractivity contribution in [2.24, 2.45) is 0 Å². The number of likely N-dealkylation sites (N-methyl/N-ethyl adjacent to an activating group) is 1. The molecule has 1 heterocycles. The first-order valence-electron chi connectivity index (χ1n) is 8.84. The van der Waals surface area contributed by atoms with Gasteiger partial charge in [0.1, 0.15) is 0 Å². The first-order chi connectivity index (χ1) is 12.1. The standard InChI is InChI=1S/C17H29N3O4S2/c1-5-19-7-9-20(10-8-19)25(21,22)11-6-18-26(23,24)17-15(3)12-14(2)13-16(17)4/h12-13,18H,5-11H2,1-4H3. The van der Waals surface area contributed by atoms with Crippen LogP contribution in [-0.4, -0.2) is 71.1 Å². The molecule has 0 spiro atoms. The van der Waals surface area contributed by atoms with Crippen molar-refractivity contribution in [3.8, 4) is 0 Å². The Morgan fingerprint density at radius 2 is 1.50 bits per heavy atom. The number of piperazine rings is 1.